The van der Waals surface area contributed by atoms with Crippen LogP contribution in [0.5, 0.6) is 0 Å². The third-order valence-electron chi connectivity index (χ3n) is 2.77. The van der Waals surface area contributed by atoms with Crippen LogP contribution in [0.3, 0.4) is 0 Å². The lowest BCUT2D eigenvalue weighted by Gasteiger charge is -2.22. The average Bonchev–Trinajstić information content (AvgIpc) is 2.68. The molecule has 0 saturated heterocycles. The minimum atomic E-state index is -1.14. The maximum atomic E-state index is 14.5. The first-order chi connectivity index (χ1) is 8.73. The van der Waals surface area contributed by atoms with Gasteiger partial charge in [-0.15, -0.1) is 0 Å². The van der Waals surface area contributed by atoms with Crippen LogP contribution in [0.25, 0.3) is 11.3 Å². The van der Waals surface area contributed by atoms with Gasteiger partial charge in [0.05, 0.1) is 15.5 Å². The molecule has 0 amide bonds. The zero-order valence-corrected chi connectivity index (χ0v) is 12.8. The topological polar surface area (TPSA) is 28.7 Å². The molecule has 2 aromatic rings. The number of aromatic nitrogens is 2. The monoisotopic (exact) mass is 380 g/mol. The molecule has 102 valence electrons. The molecule has 19 heavy (non-hydrogen) atoms. The Morgan fingerprint density at radius 1 is 1.16 bits per heavy atom. The van der Waals surface area contributed by atoms with Crippen molar-refractivity contribution in [3.8, 4) is 11.3 Å². The number of hydrogen-bond acceptors (Lipinski definition) is 1. The highest BCUT2D eigenvalue weighted by Gasteiger charge is 2.29. The van der Waals surface area contributed by atoms with Gasteiger partial charge >= 0.3 is 0 Å². The van der Waals surface area contributed by atoms with Crippen molar-refractivity contribution in [3.05, 3.63) is 38.8 Å². The number of aromatic amines is 1. The lowest BCUT2D eigenvalue weighted by molar-refractivity contribution is 0.437. The quantitative estimate of drug-likeness (QED) is 0.577. The number of benzene rings is 1. The number of halogens is 4. The van der Waals surface area contributed by atoms with E-state index in [0.29, 0.717) is 9.26 Å². The Labute approximate surface area is 122 Å². The molecule has 0 saturated carbocycles. The number of nitrogens with one attached hydrogen (secondary N) is 1. The molecule has 2 nitrogen and oxygen atoms in total. The van der Waals surface area contributed by atoms with Gasteiger partial charge in [0.15, 0.2) is 11.6 Å². The summed E-state index contributed by atoms with van der Waals surface area (Å²) in [5, 5.41) is 6.37. The minimum absolute atomic E-state index is 0.00859. The Hall–Kier alpha value is -1.05. The number of rotatable bonds is 1. The smallest absolute Gasteiger partial charge is 0.165 e. The molecule has 1 N–H and O–H groups in total. The summed E-state index contributed by atoms with van der Waals surface area (Å²) in [5.41, 5.74) is -0.752. The van der Waals surface area contributed by atoms with Crippen LogP contribution in [0.2, 0.25) is 0 Å². The van der Waals surface area contributed by atoms with Crippen molar-refractivity contribution >= 4 is 22.6 Å². The second-order valence-corrected chi connectivity index (χ2v) is 6.41. The highest BCUT2D eigenvalue weighted by molar-refractivity contribution is 14.1. The Morgan fingerprint density at radius 3 is 2.26 bits per heavy atom. The Bertz CT molecular complexity index is 630. The average molecular weight is 380 g/mol. The van der Waals surface area contributed by atoms with E-state index in [1.807, 2.05) is 22.6 Å². The van der Waals surface area contributed by atoms with Crippen LogP contribution in [0.4, 0.5) is 13.2 Å². The van der Waals surface area contributed by atoms with Crippen molar-refractivity contribution in [2.45, 2.75) is 26.2 Å². The summed E-state index contributed by atoms with van der Waals surface area (Å²) in [6.07, 6.45) is 1.49. The van der Waals surface area contributed by atoms with Crippen LogP contribution in [0.1, 0.15) is 26.3 Å². The summed E-state index contributed by atoms with van der Waals surface area (Å²) < 4.78 is 42.7. The summed E-state index contributed by atoms with van der Waals surface area (Å²) in [5.74, 6) is -2.96. The molecular weight excluding hydrogens is 368 g/mol. The lowest BCUT2D eigenvalue weighted by Crippen LogP contribution is -2.18. The standard InChI is InChI=1S/C13H12F3IN2/c1-13(2,3)9-10(15)6(4-7(14)11(9)16)12-8(17)5-18-19-12/h4-5H,1-3H3,(H,18,19). The van der Waals surface area contributed by atoms with Gasteiger partial charge in [0, 0.05) is 11.1 Å². The third kappa shape index (κ3) is 2.50. The van der Waals surface area contributed by atoms with Gasteiger partial charge < -0.3 is 0 Å². The predicted octanol–water partition coefficient (Wildman–Crippen LogP) is 4.40. The van der Waals surface area contributed by atoms with Crippen LogP contribution in [0, 0.1) is 21.0 Å². The molecule has 0 aliphatic carbocycles. The van der Waals surface area contributed by atoms with Crippen molar-refractivity contribution in [1.29, 1.82) is 0 Å². The fourth-order valence-electron chi connectivity index (χ4n) is 1.90. The minimum Gasteiger partial charge on any atom is -0.277 e. The molecule has 6 heteroatoms. The van der Waals surface area contributed by atoms with Crippen molar-refractivity contribution in [2.75, 3.05) is 0 Å². The van der Waals surface area contributed by atoms with E-state index < -0.39 is 22.9 Å². The molecule has 0 unspecified atom stereocenters. The van der Waals surface area contributed by atoms with Gasteiger partial charge in [-0.25, -0.2) is 13.2 Å². The molecule has 0 fully saturated rings. The number of H-pyrrole nitrogens is 1. The van der Waals surface area contributed by atoms with Gasteiger partial charge in [0.1, 0.15) is 5.82 Å². The van der Waals surface area contributed by atoms with Gasteiger partial charge in [-0.05, 0) is 34.1 Å². The molecule has 1 aromatic carbocycles. The van der Waals surface area contributed by atoms with E-state index in [2.05, 4.69) is 10.2 Å². The first-order valence-electron chi connectivity index (χ1n) is 5.60. The molecule has 0 spiro atoms. The molecule has 1 heterocycles. The second kappa shape index (κ2) is 4.81. The maximum Gasteiger partial charge on any atom is 0.165 e. The number of hydrogen-bond donors (Lipinski definition) is 1. The number of nitrogens with zero attached hydrogens (tertiary/aromatic N) is 1. The molecule has 0 bridgehead atoms. The van der Waals surface area contributed by atoms with Crippen LogP contribution in [-0.2, 0) is 5.41 Å². The maximum absolute atomic E-state index is 14.5. The summed E-state index contributed by atoms with van der Waals surface area (Å²) >= 11 is 1.95. The summed E-state index contributed by atoms with van der Waals surface area (Å²) in [7, 11) is 0. The fourth-order valence-corrected chi connectivity index (χ4v) is 2.46. The van der Waals surface area contributed by atoms with E-state index in [9.17, 15) is 13.2 Å². The highest BCUT2D eigenvalue weighted by Crippen LogP contribution is 2.35. The van der Waals surface area contributed by atoms with Crippen LogP contribution < -0.4 is 0 Å². The summed E-state index contributed by atoms with van der Waals surface area (Å²) in [4.78, 5) is 0. The van der Waals surface area contributed by atoms with Crippen molar-refractivity contribution in [2.24, 2.45) is 0 Å². The third-order valence-corrected chi connectivity index (χ3v) is 3.59. The fraction of sp³-hybridized carbons (Fsp3) is 0.308. The summed E-state index contributed by atoms with van der Waals surface area (Å²) in [6, 6.07) is 0.857. The largest absolute Gasteiger partial charge is 0.277 e. The van der Waals surface area contributed by atoms with E-state index in [4.69, 9.17) is 0 Å². The van der Waals surface area contributed by atoms with Crippen molar-refractivity contribution < 1.29 is 13.2 Å². The van der Waals surface area contributed by atoms with Gasteiger partial charge in [0.25, 0.3) is 0 Å². The molecule has 0 aliphatic rings. The highest BCUT2D eigenvalue weighted by atomic mass is 127. The molecule has 0 aliphatic heterocycles. The molecule has 0 atom stereocenters. The van der Waals surface area contributed by atoms with Gasteiger partial charge in [0.2, 0.25) is 0 Å². The zero-order chi connectivity index (χ0) is 14.4. The van der Waals surface area contributed by atoms with Crippen molar-refractivity contribution in [1.82, 2.24) is 10.2 Å². The Morgan fingerprint density at radius 2 is 1.79 bits per heavy atom. The van der Waals surface area contributed by atoms with E-state index in [1.54, 1.807) is 20.8 Å². The molecule has 2 rings (SSSR count). The Kier molecular flexibility index (Phi) is 3.63. The normalized spacial score (nSPS) is 11.9. The van der Waals surface area contributed by atoms with Gasteiger partial charge in [-0.2, -0.15) is 5.10 Å². The van der Waals surface area contributed by atoms with E-state index in [1.165, 1.54) is 6.20 Å². The van der Waals surface area contributed by atoms with Gasteiger partial charge in [-0.3, -0.25) is 5.10 Å². The Balaban J connectivity index is 2.79. The zero-order valence-electron chi connectivity index (χ0n) is 10.6. The first-order valence-corrected chi connectivity index (χ1v) is 6.68. The van der Waals surface area contributed by atoms with Gasteiger partial charge in [-0.1, -0.05) is 20.8 Å². The van der Waals surface area contributed by atoms with Crippen LogP contribution in [-0.4, -0.2) is 10.2 Å². The van der Waals surface area contributed by atoms with E-state index in [0.717, 1.165) is 6.07 Å². The second-order valence-electron chi connectivity index (χ2n) is 5.25. The van der Waals surface area contributed by atoms with E-state index >= 15 is 0 Å². The van der Waals surface area contributed by atoms with Crippen LogP contribution >= 0.6 is 22.6 Å². The van der Waals surface area contributed by atoms with Crippen molar-refractivity contribution in [3.63, 3.8) is 0 Å². The van der Waals surface area contributed by atoms with E-state index in [-0.39, 0.29) is 11.1 Å². The lowest BCUT2D eigenvalue weighted by atomic mass is 9.84. The molecule has 1 aromatic heterocycles. The summed E-state index contributed by atoms with van der Waals surface area (Å²) in [6.45, 7) is 4.90. The van der Waals surface area contributed by atoms with Crippen LogP contribution in [0.15, 0.2) is 12.3 Å². The SMILES string of the molecule is CC(C)(C)c1c(F)c(F)cc(-c2[nH]ncc2I)c1F. The molecular formula is C13H12F3IN2. The predicted molar refractivity (Wildman–Crippen MR) is 75.3 cm³/mol. The first kappa shape index (κ1) is 14.4. The molecule has 0 radical (unpaired) electrons.